The minimum absolute atomic E-state index is 0.0116. The molecule has 3 N–H and O–H groups in total. The highest BCUT2D eigenvalue weighted by molar-refractivity contribution is 6.05. The zero-order chi connectivity index (χ0) is 27.1. The van der Waals surface area contributed by atoms with Gasteiger partial charge in [0.25, 0.3) is 5.91 Å². The van der Waals surface area contributed by atoms with E-state index in [2.05, 4.69) is 10.1 Å². The van der Waals surface area contributed by atoms with Crippen molar-refractivity contribution in [1.82, 2.24) is 10.2 Å². The number of nitrogens with two attached hydrogens (primary N) is 1. The molecule has 37 heavy (non-hydrogen) atoms. The van der Waals surface area contributed by atoms with Crippen LogP contribution in [0, 0.1) is 5.82 Å². The normalized spacial score (nSPS) is 17.4. The first-order valence-corrected chi connectivity index (χ1v) is 10.8. The molecule has 0 aromatic heterocycles. The molecule has 4 amide bonds. The third-order valence-electron chi connectivity index (χ3n) is 5.87. The predicted octanol–water partition coefficient (Wildman–Crippen LogP) is 2.54. The minimum Gasteiger partial charge on any atom is -0.496 e. The summed E-state index contributed by atoms with van der Waals surface area (Å²) >= 11 is 0. The van der Waals surface area contributed by atoms with E-state index in [1.54, 1.807) is 0 Å². The van der Waals surface area contributed by atoms with Gasteiger partial charge in [0.05, 0.1) is 13.7 Å². The van der Waals surface area contributed by atoms with E-state index in [9.17, 15) is 36.7 Å². The Labute approximate surface area is 206 Å². The van der Waals surface area contributed by atoms with Crippen LogP contribution in [-0.2, 0) is 22.6 Å². The largest absolute Gasteiger partial charge is 0.573 e. The van der Waals surface area contributed by atoms with Crippen LogP contribution in [0.4, 0.5) is 22.4 Å². The first kappa shape index (κ1) is 25.7. The number of nitrogens with one attached hydrogen (secondary N) is 1. The van der Waals surface area contributed by atoms with Crippen molar-refractivity contribution in [2.24, 2.45) is 5.73 Å². The number of carbonyl (C=O) groups excluding carboxylic acids is 4. The molecule has 0 radical (unpaired) electrons. The summed E-state index contributed by atoms with van der Waals surface area (Å²) in [4.78, 5) is 49.6. The van der Waals surface area contributed by atoms with Crippen molar-refractivity contribution in [3.05, 3.63) is 52.3 Å². The Bertz CT molecular complexity index is 1310. The zero-order valence-electron chi connectivity index (χ0n) is 19.1. The van der Waals surface area contributed by atoms with Gasteiger partial charge in [0.2, 0.25) is 11.8 Å². The van der Waals surface area contributed by atoms with Gasteiger partial charge >= 0.3 is 12.5 Å². The van der Waals surface area contributed by atoms with Gasteiger partial charge in [0.15, 0.2) is 11.6 Å². The lowest BCUT2D eigenvalue weighted by Crippen LogP contribution is -2.52. The topological polar surface area (TPSA) is 137 Å². The SMILES string of the molecule is COc1cc(Cc2c(OC(N)=O)ccc(F)c2OC(F)(F)F)cc2c1CN(C1CCC(=O)NC1=O)C2=O. The maximum absolute atomic E-state index is 14.4. The molecule has 2 aromatic rings. The molecule has 1 saturated heterocycles. The van der Waals surface area contributed by atoms with Gasteiger partial charge in [-0.15, -0.1) is 13.2 Å². The van der Waals surface area contributed by atoms with Gasteiger partial charge in [-0.3, -0.25) is 19.7 Å². The van der Waals surface area contributed by atoms with Gasteiger partial charge in [-0.1, -0.05) is 0 Å². The van der Waals surface area contributed by atoms with Gasteiger partial charge in [0, 0.05) is 29.5 Å². The van der Waals surface area contributed by atoms with Gasteiger partial charge in [0.1, 0.15) is 17.5 Å². The smallest absolute Gasteiger partial charge is 0.496 e. The molecule has 1 unspecified atom stereocenters. The lowest BCUT2D eigenvalue weighted by Gasteiger charge is -2.29. The summed E-state index contributed by atoms with van der Waals surface area (Å²) < 4.78 is 67.4. The maximum atomic E-state index is 14.4. The van der Waals surface area contributed by atoms with E-state index in [0.29, 0.717) is 11.6 Å². The van der Waals surface area contributed by atoms with Crippen molar-refractivity contribution in [3.8, 4) is 17.2 Å². The number of alkyl halides is 3. The molecule has 10 nitrogen and oxygen atoms in total. The number of carbonyl (C=O) groups is 4. The number of benzene rings is 2. The monoisotopic (exact) mass is 525 g/mol. The first-order valence-electron chi connectivity index (χ1n) is 10.8. The Morgan fingerprint density at radius 3 is 2.54 bits per heavy atom. The van der Waals surface area contributed by atoms with E-state index in [1.165, 1.54) is 24.1 Å². The van der Waals surface area contributed by atoms with E-state index in [4.69, 9.17) is 15.2 Å². The van der Waals surface area contributed by atoms with Crippen LogP contribution in [0.1, 0.15) is 39.9 Å². The number of hydrogen-bond acceptors (Lipinski definition) is 7. The number of fused-ring (bicyclic) bond motifs is 1. The van der Waals surface area contributed by atoms with Crippen molar-refractivity contribution < 1.29 is 51.0 Å². The zero-order valence-corrected chi connectivity index (χ0v) is 19.1. The highest BCUT2D eigenvalue weighted by Gasteiger charge is 2.41. The second-order valence-electron chi connectivity index (χ2n) is 8.22. The number of primary amides is 1. The van der Waals surface area contributed by atoms with Crippen LogP contribution in [0.2, 0.25) is 0 Å². The Balaban J connectivity index is 1.74. The molecule has 1 atom stereocenters. The van der Waals surface area contributed by atoms with Crippen LogP contribution >= 0.6 is 0 Å². The van der Waals surface area contributed by atoms with Crippen LogP contribution < -0.4 is 25.3 Å². The van der Waals surface area contributed by atoms with Crippen molar-refractivity contribution in [1.29, 1.82) is 0 Å². The van der Waals surface area contributed by atoms with Gasteiger partial charge in [-0.2, -0.15) is 0 Å². The van der Waals surface area contributed by atoms with Crippen LogP contribution in [0.25, 0.3) is 0 Å². The number of methoxy groups -OCH3 is 1. The molecule has 0 bridgehead atoms. The molecule has 2 aromatic carbocycles. The summed E-state index contributed by atoms with van der Waals surface area (Å²) in [7, 11) is 1.31. The molecule has 14 heteroatoms. The standard InChI is InChI=1S/C23H19F4N3O7/c1-35-17-8-10(6-11-13(17)9-30(21(11)33)15-3-5-18(31)29-20(15)32)7-12-16(36-22(28)34)4-2-14(24)19(12)37-23(25,26)27/h2,4,6,8,15H,3,5,7,9H2,1H3,(H2,28,34)(H,29,31,32). The molecule has 1 fully saturated rings. The summed E-state index contributed by atoms with van der Waals surface area (Å²) in [6, 6.07) is 3.39. The van der Waals surface area contributed by atoms with Crippen LogP contribution in [0.15, 0.2) is 24.3 Å². The number of piperidine rings is 1. The maximum Gasteiger partial charge on any atom is 0.573 e. The average molecular weight is 525 g/mol. The number of nitrogens with zero attached hydrogens (tertiary/aromatic N) is 1. The molecule has 2 aliphatic heterocycles. The number of amides is 4. The molecule has 196 valence electrons. The van der Waals surface area contributed by atoms with Crippen LogP contribution in [-0.4, -0.2) is 48.2 Å². The number of rotatable bonds is 6. The minimum atomic E-state index is -5.27. The lowest BCUT2D eigenvalue weighted by atomic mass is 9.98. The summed E-state index contributed by atoms with van der Waals surface area (Å²) in [5.41, 5.74) is 5.21. The Morgan fingerprint density at radius 2 is 1.92 bits per heavy atom. The van der Waals surface area contributed by atoms with E-state index in [0.717, 1.165) is 6.07 Å². The van der Waals surface area contributed by atoms with Crippen molar-refractivity contribution >= 4 is 23.8 Å². The van der Waals surface area contributed by atoms with Gasteiger partial charge < -0.3 is 24.8 Å². The summed E-state index contributed by atoms with van der Waals surface area (Å²) in [6.45, 7) is -0.0116. The molecule has 0 aliphatic carbocycles. The molecule has 4 rings (SSSR count). The summed E-state index contributed by atoms with van der Waals surface area (Å²) in [5.74, 6) is -4.56. The van der Waals surface area contributed by atoms with E-state index in [-0.39, 0.29) is 36.3 Å². The fourth-order valence-electron chi connectivity index (χ4n) is 4.35. The highest BCUT2D eigenvalue weighted by atomic mass is 19.4. The van der Waals surface area contributed by atoms with E-state index in [1.807, 2.05) is 0 Å². The molecular weight excluding hydrogens is 506 g/mol. The second-order valence-corrected chi connectivity index (χ2v) is 8.22. The molecule has 2 aliphatic rings. The summed E-state index contributed by atoms with van der Waals surface area (Å²) in [6.07, 6.45) is -6.94. The number of ether oxygens (including phenoxy) is 3. The van der Waals surface area contributed by atoms with Crippen LogP contribution in [0.3, 0.4) is 0 Å². The Hall–Kier alpha value is -4.36. The quantitative estimate of drug-likeness (QED) is 0.437. The lowest BCUT2D eigenvalue weighted by molar-refractivity contribution is -0.275. The number of halogens is 4. The van der Waals surface area contributed by atoms with Gasteiger partial charge in [-0.05, 0) is 36.2 Å². The van der Waals surface area contributed by atoms with Crippen LogP contribution in [0.5, 0.6) is 17.2 Å². The summed E-state index contributed by atoms with van der Waals surface area (Å²) in [5, 5.41) is 2.18. The Kier molecular flexibility index (Phi) is 6.67. The molecule has 0 spiro atoms. The predicted molar refractivity (Wildman–Crippen MR) is 115 cm³/mol. The number of hydrogen-bond donors (Lipinski definition) is 2. The molecule has 0 saturated carbocycles. The van der Waals surface area contributed by atoms with Crippen molar-refractivity contribution in [3.63, 3.8) is 0 Å². The van der Waals surface area contributed by atoms with Crippen molar-refractivity contribution in [2.45, 2.75) is 38.2 Å². The fourth-order valence-corrected chi connectivity index (χ4v) is 4.35. The second kappa shape index (κ2) is 9.59. The highest BCUT2D eigenvalue weighted by Crippen LogP contribution is 2.40. The Morgan fingerprint density at radius 1 is 1.19 bits per heavy atom. The number of imide groups is 1. The molecular formula is C23H19F4N3O7. The van der Waals surface area contributed by atoms with Gasteiger partial charge in [-0.25, -0.2) is 9.18 Å². The third-order valence-corrected chi connectivity index (χ3v) is 5.87. The average Bonchev–Trinajstić information content (AvgIpc) is 3.12. The first-order chi connectivity index (χ1) is 17.4. The molecule has 2 heterocycles. The van der Waals surface area contributed by atoms with E-state index < -0.39 is 65.5 Å². The third kappa shape index (κ3) is 5.27. The fraction of sp³-hybridized carbons (Fsp3) is 0.304. The van der Waals surface area contributed by atoms with Crippen molar-refractivity contribution in [2.75, 3.05) is 7.11 Å². The van der Waals surface area contributed by atoms with E-state index >= 15 is 0 Å².